The molecule has 0 amide bonds. The first-order valence-electron chi connectivity index (χ1n) is 8.86. The zero-order valence-corrected chi connectivity index (χ0v) is 19.0. The maximum absolute atomic E-state index is 11.2. The number of anilines is 1. The summed E-state index contributed by atoms with van der Waals surface area (Å²) in [5, 5.41) is 0. The predicted molar refractivity (Wildman–Crippen MR) is 118 cm³/mol. The lowest BCUT2D eigenvalue weighted by Gasteiger charge is -2.25. The normalized spacial score (nSPS) is 12.1. The lowest BCUT2D eigenvalue weighted by Crippen LogP contribution is -2.27. The van der Waals surface area contributed by atoms with Crippen LogP contribution in [0.15, 0.2) is 42.5 Å². The Labute approximate surface area is 179 Å². The van der Waals surface area contributed by atoms with E-state index in [2.05, 4.69) is 16.5 Å². The van der Waals surface area contributed by atoms with E-state index in [0.717, 1.165) is 18.4 Å². The Bertz CT molecular complexity index is 875. The Morgan fingerprint density at radius 2 is 1.66 bits per heavy atom. The molecule has 0 aromatic heterocycles. The zero-order valence-electron chi connectivity index (χ0n) is 17.3. The molecule has 2 aromatic rings. The summed E-state index contributed by atoms with van der Waals surface area (Å²) in [4.78, 5) is 2.18. The molecular formula is C20H29ClN2O5S. The van der Waals surface area contributed by atoms with E-state index in [4.69, 9.17) is 14.2 Å². The lowest BCUT2D eigenvalue weighted by molar-refractivity contribution is 0.200. The van der Waals surface area contributed by atoms with Crippen LogP contribution in [0.1, 0.15) is 18.5 Å². The van der Waals surface area contributed by atoms with Crippen LogP contribution >= 0.6 is 12.4 Å². The minimum absolute atomic E-state index is 0. The van der Waals surface area contributed by atoms with E-state index in [9.17, 15) is 8.42 Å². The molecule has 1 unspecified atom stereocenters. The van der Waals surface area contributed by atoms with Crippen LogP contribution in [0.5, 0.6) is 17.2 Å². The smallest absolute Gasteiger partial charge is 0.229 e. The molecule has 1 N–H and O–H groups in total. The molecule has 0 aliphatic carbocycles. The van der Waals surface area contributed by atoms with Crippen LogP contribution in [-0.4, -0.2) is 54.0 Å². The number of nitrogens with one attached hydrogen (secondary N) is 1. The minimum atomic E-state index is -3.28. The van der Waals surface area contributed by atoms with Crippen molar-refractivity contribution in [2.75, 3.05) is 45.4 Å². The monoisotopic (exact) mass is 444 g/mol. The van der Waals surface area contributed by atoms with Crippen molar-refractivity contribution in [3.63, 3.8) is 0 Å². The number of benzene rings is 2. The quantitative estimate of drug-likeness (QED) is 0.603. The van der Waals surface area contributed by atoms with Crippen LogP contribution in [0.2, 0.25) is 0 Å². The van der Waals surface area contributed by atoms with E-state index >= 15 is 0 Å². The van der Waals surface area contributed by atoms with E-state index in [0.29, 0.717) is 29.5 Å². The number of hydrogen-bond acceptors (Lipinski definition) is 6. The van der Waals surface area contributed by atoms with Crippen LogP contribution in [0, 0.1) is 0 Å². The average Bonchev–Trinajstić information content (AvgIpc) is 2.66. The second-order valence-corrected chi connectivity index (χ2v) is 8.27. The van der Waals surface area contributed by atoms with Gasteiger partial charge in [-0.05, 0) is 55.9 Å². The van der Waals surface area contributed by atoms with Crippen molar-refractivity contribution >= 4 is 28.1 Å². The van der Waals surface area contributed by atoms with E-state index in [1.807, 2.05) is 25.2 Å². The van der Waals surface area contributed by atoms with E-state index in [1.165, 1.54) is 0 Å². The number of halogens is 1. The van der Waals surface area contributed by atoms with Gasteiger partial charge in [0.15, 0.2) is 11.5 Å². The Balaban J connectivity index is 0.00000420. The highest BCUT2D eigenvalue weighted by atomic mass is 35.5. The SMILES string of the molecule is COc1ccc(C(C)N(C)CCOc2ccc(NS(C)(=O)=O)cc2)cc1OC.Cl. The van der Waals surface area contributed by atoms with Gasteiger partial charge in [-0.2, -0.15) is 0 Å². The summed E-state index contributed by atoms with van der Waals surface area (Å²) in [6.45, 7) is 3.35. The first-order chi connectivity index (χ1) is 13.2. The Kier molecular flexibility index (Phi) is 9.55. The van der Waals surface area contributed by atoms with Crippen molar-refractivity contribution in [3.05, 3.63) is 48.0 Å². The van der Waals surface area contributed by atoms with Crippen LogP contribution in [-0.2, 0) is 10.0 Å². The third-order valence-corrected chi connectivity index (χ3v) is 5.03. The van der Waals surface area contributed by atoms with E-state index < -0.39 is 10.0 Å². The Morgan fingerprint density at radius 3 is 2.21 bits per heavy atom. The molecule has 0 radical (unpaired) electrons. The van der Waals surface area contributed by atoms with Gasteiger partial charge in [0.2, 0.25) is 10.0 Å². The van der Waals surface area contributed by atoms with Crippen molar-refractivity contribution in [2.45, 2.75) is 13.0 Å². The van der Waals surface area contributed by atoms with E-state index in [-0.39, 0.29) is 18.4 Å². The molecule has 0 saturated carbocycles. The van der Waals surface area contributed by atoms with Crippen molar-refractivity contribution in [1.29, 1.82) is 0 Å². The summed E-state index contributed by atoms with van der Waals surface area (Å²) in [6, 6.07) is 12.9. The average molecular weight is 445 g/mol. The van der Waals surface area contributed by atoms with Gasteiger partial charge in [0.25, 0.3) is 0 Å². The number of rotatable bonds is 10. The number of ether oxygens (including phenoxy) is 3. The highest BCUT2D eigenvalue weighted by molar-refractivity contribution is 7.92. The van der Waals surface area contributed by atoms with Crippen molar-refractivity contribution in [3.8, 4) is 17.2 Å². The molecule has 7 nitrogen and oxygen atoms in total. The third kappa shape index (κ3) is 7.64. The number of methoxy groups -OCH3 is 2. The molecule has 0 aliphatic heterocycles. The zero-order chi connectivity index (χ0) is 20.7. The van der Waals surface area contributed by atoms with Gasteiger partial charge in [-0.1, -0.05) is 6.07 Å². The first-order valence-corrected chi connectivity index (χ1v) is 10.8. The van der Waals surface area contributed by atoms with Gasteiger partial charge in [-0.25, -0.2) is 8.42 Å². The standard InChI is InChI=1S/C20H28N2O5S.ClH/c1-15(16-6-11-19(25-3)20(14-16)26-4)22(2)12-13-27-18-9-7-17(8-10-18)21-28(5,23)24;/h6-11,14-15,21H,12-13H2,1-5H3;1H. The third-order valence-electron chi connectivity index (χ3n) is 4.42. The highest BCUT2D eigenvalue weighted by Crippen LogP contribution is 2.31. The molecule has 0 heterocycles. The number of nitrogens with zero attached hydrogens (tertiary/aromatic N) is 1. The molecular weight excluding hydrogens is 416 g/mol. The molecule has 0 aliphatic rings. The topological polar surface area (TPSA) is 77.1 Å². The number of sulfonamides is 1. The fourth-order valence-electron chi connectivity index (χ4n) is 2.70. The maximum atomic E-state index is 11.2. The molecule has 1 atom stereocenters. The van der Waals surface area contributed by atoms with Gasteiger partial charge >= 0.3 is 0 Å². The fraction of sp³-hybridized carbons (Fsp3) is 0.400. The minimum Gasteiger partial charge on any atom is -0.493 e. The maximum Gasteiger partial charge on any atom is 0.229 e. The van der Waals surface area contributed by atoms with Gasteiger partial charge in [-0.15, -0.1) is 12.4 Å². The molecule has 162 valence electrons. The lowest BCUT2D eigenvalue weighted by atomic mass is 10.1. The molecule has 2 rings (SSSR count). The van der Waals surface area contributed by atoms with Crippen molar-refractivity contribution in [1.82, 2.24) is 4.90 Å². The number of hydrogen-bond donors (Lipinski definition) is 1. The van der Waals surface area contributed by atoms with Gasteiger partial charge in [0, 0.05) is 18.3 Å². The fourth-order valence-corrected chi connectivity index (χ4v) is 3.27. The van der Waals surface area contributed by atoms with Crippen molar-refractivity contribution in [2.24, 2.45) is 0 Å². The summed E-state index contributed by atoms with van der Waals surface area (Å²) in [5.74, 6) is 2.10. The Morgan fingerprint density at radius 1 is 1.03 bits per heavy atom. The van der Waals surface area contributed by atoms with Gasteiger partial charge in [0.1, 0.15) is 12.4 Å². The summed E-state index contributed by atoms with van der Waals surface area (Å²) in [7, 11) is 2.00. The molecule has 0 spiro atoms. The predicted octanol–water partition coefficient (Wildman–Crippen LogP) is 3.57. The molecule has 0 fully saturated rings. The first kappa shape index (κ1) is 24.9. The molecule has 0 bridgehead atoms. The highest BCUT2D eigenvalue weighted by Gasteiger charge is 2.14. The van der Waals surface area contributed by atoms with Gasteiger partial charge in [0.05, 0.1) is 20.5 Å². The van der Waals surface area contributed by atoms with Gasteiger partial charge < -0.3 is 14.2 Å². The molecule has 2 aromatic carbocycles. The van der Waals surface area contributed by atoms with Crippen LogP contribution in [0.25, 0.3) is 0 Å². The second-order valence-electron chi connectivity index (χ2n) is 6.52. The molecule has 0 saturated heterocycles. The number of likely N-dealkylation sites (N-methyl/N-ethyl adjacent to an activating group) is 1. The van der Waals surface area contributed by atoms with Crippen molar-refractivity contribution < 1.29 is 22.6 Å². The Hall–Kier alpha value is -2.16. The summed E-state index contributed by atoms with van der Waals surface area (Å²) >= 11 is 0. The van der Waals surface area contributed by atoms with Crippen LogP contribution < -0.4 is 18.9 Å². The van der Waals surface area contributed by atoms with Gasteiger partial charge in [-0.3, -0.25) is 9.62 Å². The largest absolute Gasteiger partial charge is 0.493 e. The molecule has 29 heavy (non-hydrogen) atoms. The molecule has 9 heteroatoms. The summed E-state index contributed by atoms with van der Waals surface area (Å²) in [6.07, 6.45) is 1.12. The summed E-state index contributed by atoms with van der Waals surface area (Å²) in [5.41, 5.74) is 1.63. The second kappa shape index (κ2) is 11.1. The van der Waals surface area contributed by atoms with Crippen LogP contribution in [0.4, 0.5) is 5.69 Å². The summed E-state index contributed by atoms with van der Waals surface area (Å²) < 4.78 is 41.3. The van der Waals surface area contributed by atoms with E-state index in [1.54, 1.807) is 38.5 Å². The van der Waals surface area contributed by atoms with Crippen LogP contribution in [0.3, 0.4) is 0 Å².